The molecule has 0 amide bonds. The lowest BCUT2D eigenvalue weighted by atomic mass is 10.2. The van der Waals surface area contributed by atoms with E-state index in [1.54, 1.807) is 13.3 Å². The molecule has 5 heteroatoms. The van der Waals surface area contributed by atoms with Crippen molar-refractivity contribution >= 4 is 0 Å². The lowest BCUT2D eigenvalue weighted by Crippen LogP contribution is -2.28. The Labute approximate surface area is 99.5 Å². The zero-order chi connectivity index (χ0) is 11.7. The van der Waals surface area contributed by atoms with E-state index in [0.29, 0.717) is 0 Å². The highest BCUT2D eigenvalue weighted by Crippen LogP contribution is 2.24. The number of hydrogen-bond acceptors (Lipinski definition) is 4. The van der Waals surface area contributed by atoms with Crippen LogP contribution in [0.25, 0.3) is 11.3 Å². The Morgan fingerprint density at radius 2 is 2.29 bits per heavy atom. The SMILES string of the molecule is COc1cncc(-c2cnc3n2CCNC3)c1. The molecular weight excluding hydrogens is 216 g/mol. The zero-order valence-electron chi connectivity index (χ0n) is 9.68. The van der Waals surface area contributed by atoms with Crippen LogP contribution in [0.4, 0.5) is 0 Å². The number of nitrogens with zero attached hydrogens (tertiary/aromatic N) is 3. The molecular formula is C12H14N4O. The maximum absolute atomic E-state index is 5.19. The maximum atomic E-state index is 5.19. The van der Waals surface area contributed by atoms with E-state index in [2.05, 4.69) is 19.9 Å². The van der Waals surface area contributed by atoms with Gasteiger partial charge in [0.2, 0.25) is 0 Å². The number of rotatable bonds is 2. The minimum Gasteiger partial charge on any atom is -0.495 e. The van der Waals surface area contributed by atoms with E-state index in [9.17, 15) is 0 Å². The summed E-state index contributed by atoms with van der Waals surface area (Å²) in [7, 11) is 1.65. The summed E-state index contributed by atoms with van der Waals surface area (Å²) >= 11 is 0. The number of imidazole rings is 1. The second-order valence-corrected chi connectivity index (χ2v) is 4.00. The molecule has 0 radical (unpaired) electrons. The fourth-order valence-corrected chi connectivity index (χ4v) is 2.10. The van der Waals surface area contributed by atoms with Crippen molar-refractivity contribution < 1.29 is 4.74 Å². The highest BCUT2D eigenvalue weighted by Gasteiger charge is 2.15. The summed E-state index contributed by atoms with van der Waals surface area (Å²) in [6.07, 6.45) is 5.45. The van der Waals surface area contributed by atoms with E-state index < -0.39 is 0 Å². The van der Waals surface area contributed by atoms with Gasteiger partial charge in [0.1, 0.15) is 11.6 Å². The molecule has 0 spiro atoms. The molecule has 1 aliphatic rings. The standard InChI is InChI=1S/C12H14N4O/c1-17-10-4-9(5-14-6-10)11-7-15-12-8-13-2-3-16(11)12/h4-7,13H,2-3,8H2,1H3. The third-order valence-corrected chi connectivity index (χ3v) is 2.98. The van der Waals surface area contributed by atoms with Crippen LogP contribution < -0.4 is 10.1 Å². The second kappa shape index (κ2) is 4.18. The maximum Gasteiger partial charge on any atom is 0.137 e. The molecule has 2 aromatic heterocycles. The average Bonchev–Trinajstić information content (AvgIpc) is 2.82. The Morgan fingerprint density at radius 3 is 3.18 bits per heavy atom. The van der Waals surface area contributed by atoms with Gasteiger partial charge in [-0.2, -0.15) is 0 Å². The number of aromatic nitrogens is 3. The largest absolute Gasteiger partial charge is 0.495 e. The van der Waals surface area contributed by atoms with Gasteiger partial charge >= 0.3 is 0 Å². The fourth-order valence-electron chi connectivity index (χ4n) is 2.10. The van der Waals surface area contributed by atoms with Crippen LogP contribution in [0.2, 0.25) is 0 Å². The Morgan fingerprint density at radius 1 is 1.35 bits per heavy atom. The molecule has 0 saturated carbocycles. The van der Waals surface area contributed by atoms with Crippen molar-refractivity contribution in [3.8, 4) is 17.0 Å². The first kappa shape index (κ1) is 10.3. The molecule has 5 nitrogen and oxygen atoms in total. The van der Waals surface area contributed by atoms with E-state index in [0.717, 1.165) is 42.5 Å². The Balaban J connectivity index is 2.05. The molecule has 17 heavy (non-hydrogen) atoms. The van der Waals surface area contributed by atoms with Crippen LogP contribution in [0.3, 0.4) is 0 Å². The second-order valence-electron chi connectivity index (χ2n) is 4.00. The minimum atomic E-state index is 0.770. The van der Waals surface area contributed by atoms with Gasteiger partial charge in [-0.05, 0) is 6.07 Å². The topological polar surface area (TPSA) is 52.0 Å². The quantitative estimate of drug-likeness (QED) is 0.838. The summed E-state index contributed by atoms with van der Waals surface area (Å²) in [6.45, 7) is 2.76. The molecule has 1 N–H and O–H groups in total. The van der Waals surface area contributed by atoms with Gasteiger partial charge in [-0.25, -0.2) is 4.98 Å². The van der Waals surface area contributed by atoms with Gasteiger partial charge in [0.05, 0.1) is 31.7 Å². The number of pyridine rings is 1. The first-order chi connectivity index (χ1) is 8.38. The van der Waals surface area contributed by atoms with Crippen molar-refractivity contribution in [1.82, 2.24) is 19.9 Å². The molecule has 0 atom stereocenters. The first-order valence-corrected chi connectivity index (χ1v) is 5.63. The average molecular weight is 230 g/mol. The third kappa shape index (κ3) is 1.78. The van der Waals surface area contributed by atoms with Crippen molar-refractivity contribution in [3.63, 3.8) is 0 Å². The smallest absolute Gasteiger partial charge is 0.137 e. The lowest BCUT2D eigenvalue weighted by molar-refractivity contribution is 0.413. The van der Waals surface area contributed by atoms with Gasteiger partial charge in [-0.15, -0.1) is 0 Å². The van der Waals surface area contributed by atoms with Crippen LogP contribution >= 0.6 is 0 Å². The molecule has 2 aromatic rings. The van der Waals surface area contributed by atoms with E-state index in [4.69, 9.17) is 4.74 Å². The fraction of sp³-hybridized carbons (Fsp3) is 0.333. The van der Waals surface area contributed by atoms with Crippen molar-refractivity contribution in [3.05, 3.63) is 30.5 Å². The zero-order valence-corrected chi connectivity index (χ0v) is 9.68. The van der Waals surface area contributed by atoms with Crippen molar-refractivity contribution in [2.24, 2.45) is 0 Å². The first-order valence-electron chi connectivity index (χ1n) is 5.63. The predicted octanol–water partition coefficient (Wildman–Crippen LogP) is 1.06. The van der Waals surface area contributed by atoms with E-state index >= 15 is 0 Å². The van der Waals surface area contributed by atoms with Gasteiger partial charge in [0.25, 0.3) is 0 Å². The lowest BCUT2D eigenvalue weighted by Gasteiger charge is -2.17. The number of nitrogens with one attached hydrogen (secondary N) is 1. The number of ether oxygens (including phenoxy) is 1. The van der Waals surface area contributed by atoms with Crippen LogP contribution in [0.15, 0.2) is 24.7 Å². The third-order valence-electron chi connectivity index (χ3n) is 2.98. The van der Waals surface area contributed by atoms with Gasteiger partial charge in [0.15, 0.2) is 0 Å². The summed E-state index contributed by atoms with van der Waals surface area (Å²) in [6, 6.07) is 1.99. The predicted molar refractivity (Wildman–Crippen MR) is 63.7 cm³/mol. The van der Waals surface area contributed by atoms with Gasteiger partial charge < -0.3 is 14.6 Å². The molecule has 1 aliphatic heterocycles. The number of methoxy groups -OCH3 is 1. The summed E-state index contributed by atoms with van der Waals surface area (Å²) in [5, 5.41) is 3.30. The van der Waals surface area contributed by atoms with Gasteiger partial charge in [-0.3, -0.25) is 4.98 Å². The summed E-state index contributed by atoms with van der Waals surface area (Å²) in [5.74, 6) is 1.85. The Kier molecular flexibility index (Phi) is 2.53. The molecule has 3 heterocycles. The Hall–Kier alpha value is -1.88. The molecule has 0 saturated heterocycles. The molecule has 0 unspecified atom stereocenters. The molecule has 0 fully saturated rings. The van der Waals surface area contributed by atoms with E-state index in [-0.39, 0.29) is 0 Å². The normalized spacial score (nSPS) is 14.4. The van der Waals surface area contributed by atoms with Crippen molar-refractivity contribution in [1.29, 1.82) is 0 Å². The summed E-state index contributed by atoms with van der Waals surface area (Å²) in [4.78, 5) is 8.60. The summed E-state index contributed by atoms with van der Waals surface area (Å²) in [5.41, 5.74) is 2.15. The van der Waals surface area contributed by atoms with Crippen LogP contribution in [0, 0.1) is 0 Å². The van der Waals surface area contributed by atoms with Gasteiger partial charge in [-0.1, -0.05) is 0 Å². The van der Waals surface area contributed by atoms with Crippen LogP contribution in [-0.4, -0.2) is 28.2 Å². The minimum absolute atomic E-state index is 0.770. The van der Waals surface area contributed by atoms with Crippen molar-refractivity contribution in [2.45, 2.75) is 13.1 Å². The van der Waals surface area contributed by atoms with Crippen LogP contribution in [0.1, 0.15) is 5.82 Å². The van der Waals surface area contributed by atoms with Crippen molar-refractivity contribution in [2.75, 3.05) is 13.7 Å². The molecule has 0 aliphatic carbocycles. The van der Waals surface area contributed by atoms with Crippen LogP contribution in [0.5, 0.6) is 5.75 Å². The molecule has 3 rings (SSSR count). The molecule has 88 valence electrons. The highest BCUT2D eigenvalue weighted by molar-refractivity contribution is 5.60. The molecule has 0 aromatic carbocycles. The van der Waals surface area contributed by atoms with E-state index in [1.807, 2.05) is 18.5 Å². The monoisotopic (exact) mass is 230 g/mol. The molecule has 0 bridgehead atoms. The van der Waals surface area contributed by atoms with Gasteiger partial charge in [0, 0.05) is 24.8 Å². The Bertz CT molecular complexity index is 535. The number of fused-ring (bicyclic) bond motifs is 1. The highest BCUT2D eigenvalue weighted by atomic mass is 16.5. The van der Waals surface area contributed by atoms with E-state index in [1.165, 1.54) is 0 Å². The summed E-state index contributed by atoms with van der Waals surface area (Å²) < 4.78 is 7.42. The van der Waals surface area contributed by atoms with Crippen LogP contribution in [-0.2, 0) is 13.1 Å². The number of hydrogen-bond donors (Lipinski definition) is 1.